The van der Waals surface area contributed by atoms with Gasteiger partial charge in [-0.1, -0.05) is 30.3 Å². The molecule has 2 aromatic carbocycles. The van der Waals surface area contributed by atoms with Gasteiger partial charge < -0.3 is 20.3 Å². The fourth-order valence-corrected chi connectivity index (χ4v) is 4.98. The minimum Gasteiger partial charge on any atom is -0.504 e. The molecule has 1 saturated heterocycles. The molecule has 2 atom stereocenters. The number of nitrogens with one attached hydrogen (secondary N) is 1. The third kappa shape index (κ3) is 3.00. The van der Waals surface area contributed by atoms with Crippen LogP contribution in [0.1, 0.15) is 35.6 Å². The molecule has 5 nitrogen and oxygen atoms in total. The van der Waals surface area contributed by atoms with Crippen LogP contribution in [-0.4, -0.2) is 48.5 Å². The Labute approximate surface area is 160 Å². The van der Waals surface area contributed by atoms with Crippen LogP contribution in [0.15, 0.2) is 42.5 Å². The SMILES string of the molecule is COc1ccc(CN(C)[C@@H]2c3ccccc3C3(CCNCC3)[C@H]2O)cc1O. The number of piperidine rings is 1. The lowest BCUT2D eigenvalue weighted by Crippen LogP contribution is -2.48. The molecule has 1 heterocycles. The minimum atomic E-state index is -0.436. The Morgan fingerprint density at radius 1 is 1.19 bits per heavy atom. The molecule has 2 aliphatic rings. The van der Waals surface area contributed by atoms with E-state index in [9.17, 15) is 10.2 Å². The van der Waals surface area contributed by atoms with E-state index in [-0.39, 0.29) is 17.2 Å². The molecule has 0 saturated carbocycles. The molecule has 0 unspecified atom stereocenters. The lowest BCUT2D eigenvalue weighted by atomic mass is 9.72. The van der Waals surface area contributed by atoms with E-state index in [0.29, 0.717) is 12.3 Å². The monoisotopic (exact) mass is 368 g/mol. The summed E-state index contributed by atoms with van der Waals surface area (Å²) in [6.07, 6.45) is 1.48. The van der Waals surface area contributed by atoms with Crippen LogP contribution in [0.2, 0.25) is 0 Å². The number of phenolic OH excluding ortho intramolecular Hbond substituents is 1. The van der Waals surface area contributed by atoms with Crippen molar-refractivity contribution in [3.8, 4) is 11.5 Å². The zero-order valence-electron chi connectivity index (χ0n) is 16.0. The number of phenols is 1. The van der Waals surface area contributed by atoms with E-state index in [4.69, 9.17) is 4.74 Å². The third-order valence-corrected chi connectivity index (χ3v) is 6.33. The topological polar surface area (TPSA) is 65.0 Å². The van der Waals surface area contributed by atoms with E-state index in [1.807, 2.05) is 13.1 Å². The molecule has 5 heteroatoms. The number of aliphatic hydroxyl groups excluding tert-OH is 1. The largest absolute Gasteiger partial charge is 0.504 e. The van der Waals surface area contributed by atoms with E-state index < -0.39 is 6.10 Å². The van der Waals surface area contributed by atoms with Crippen molar-refractivity contribution in [2.45, 2.75) is 36.9 Å². The van der Waals surface area contributed by atoms with Crippen LogP contribution in [-0.2, 0) is 12.0 Å². The first-order valence-corrected chi connectivity index (χ1v) is 9.61. The highest BCUT2D eigenvalue weighted by molar-refractivity contribution is 5.46. The maximum Gasteiger partial charge on any atom is 0.160 e. The predicted molar refractivity (Wildman–Crippen MR) is 105 cm³/mol. The molecule has 1 fully saturated rings. The van der Waals surface area contributed by atoms with Crippen LogP contribution in [0, 0.1) is 0 Å². The first-order valence-electron chi connectivity index (χ1n) is 9.61. The van der Waals surface area contributed by atoms with Crippen molar-refractivity contribution in [3.63, 3.8) is 0 Å². The fourth-order valence-electron chi connectivity index (χ4n) is 4.98. The Morgan fingerprint density at radius 2 is 1.93 bits per heavy atom. The molecule has 27 heavy (non-hydrogen) atoms. The van der Waals surface area contributed by atoms with Crippen molar-refractivity contribution in [2.75, 3.05) is 27.2 Å². The number of fused-ring (bicyclic) bond motifs is 2. The van der Waals surface area contributed by atoms with Gasteiger partial charge in [-0.3, -0.25) is 4.90 Å². The Kier molecular flexibility index (Phi) is 4.84. The number of nitrogens with zero attached hydrogens (tertiary/aromatic N) is 1. The van der Waals surface area contributed by atoms with Crippen molar-refractivity contribution >= 4 is 0 Å². The van der Waals surface area contributed by atoms with Crippen molar-refractivity contribution < 1.29 is 14.9 Å². The summed E-state index contributed by atoms with van der Waals surface area (Å²) in [6.45, 7) is 2.52. The van der Waals surface area contributed by atoms with Gasteiger partial charge in [-0.15, -0.1) is 0 Å². The molecule has 1 spiro atoms. The Balaban J connectivity index is 1.64. The highest BCUT2D eigenvalue weighted by Crippen LogP contribution is 2.52. The van der Waals surface area contributed by atoms with Gasteiger partial charge in [0.15, 0.2) is 11.5 Å². The third-order valence-electron chi connectivity index (χ3n) is 6.33. The van der Waals surface area contributed by atoms with Gasteiger partial charge in [0.2, 0.25) is 0 Å². The van der Waals surface area contributed by atoms with E-state index in [0.717, 1.165) is 31.5 Å². The summed E-state index contributed by atoms with van der Waals surface area (Å²) in [5.41, 5.74) is 3.36. The van der Waals surface area contributed by atoms with Crippen molar-refractivity contribution in [2.24, 2.45) is 0 Å². The maximum absolute atomic E-state index is 11.4. The first kappa shape index (κ1) is 18.3. The Morgan fingerprint density at radius 3 is 2.63 bits per heavy atom. The highest BCUT2D eigenvalue weighted by atomic mass is 16.5. The fraction of sp³-hybridized carbons (Fsp3) is 0.455. The number of methoxy groups -OCH3 is 1. The summed E-state index contributed by atoms with van der Waals surface area (Å²) in [7, 11) is 3.59. The summed E-state index contributed by atoms with van der Waals surface area (Å²) in [5.74, 6) is 0.618. The molecule has 1 aliphatic carbocycles. The second-order valence-corrected chi connectivity index (χ2v) is 7.80. The van der Waals surface area contributed by atoms with Gasteiger partial charge in [0.1, 0.15) is 0 Å². The van der Waals surface area contributed by atoms with E-state index in [1.54, 1.807) is 19.2 Å². The Bertz CT molecular complexity index is 817. The molecule has 0 aromatic heterocycles. The van der Waals surface area contributed by atoms with Gasteiger partial charge in [-0.2, -0.15) is 0 Å². The number of likely N-dealkylation sites (N-methyl/N-ethyl adjacent to an activating group) is 1. The summed E-state index contributed by atoms with van der Waals surface area (Å²) in [5, 5.41) is 24.9. The number of hydrogen-bond donors (Lipinski definition) is 3. The summed E-state index contributed by atoms with van der Waals surface area (Å²) in [4.78, 5) is 2.20. The van der Waals surface area contributed by atoms with Crippen LogP contribution in [0.3, 0.4) is 0 Å². The maximum atomic E-state index is 11.4. The zero-order valence-corrected chi connectivity index (χ0v) is 16.0. The molecular formula is C22H28N2O3. The first-order chi connectivity index (χ1) is 13.1. The van der Waals surface area contributed by atoms with Crippen LogP contribution in [0.5, 0.6) is 11.5 Å². The van der Waals surface area contributed by atoms with Crippen molar-refractivity contribution in [1.82, 2.24) is 10.2 Å². The Hall–Kier alpha value is -2.08. The zero-order chi connectivity index (χ0) is 19.0. The molecule has 2 aromatic rings. The number of aliphatic hydroxyl groups is 1. The van der Waals surface area contributed by atoms with Gasteiger partial charge in [0.25, 0.3) is 0 Å². The molecule has 4 rings (SSSR count). The standard InChI is InChI=1S/C22H28N2O3/c1-24(14-15-7-8-19(27-2)18(25)13-15)20-16-5-3-4-6-17(16)22(21(20)26)9-11-23-12-10-22/h3-8,13,20-21,23,25-26H,9-12,14H2,1-2H3/t20-,21+/m1/s1. The normalized spacial score (nSPS) is 23.6. The minimum absolute atomic E-state index is 0.0523. The van der Waals surface area contributed by atoms with Gasteiger partial charge in [-0.05, 0) is 61.8 Å². The number of ether oxygens (including phenoxy) is 1. The van der Waals surface area contributed by atoms with E-state index >= 15 is 0 Å². The molecule has 1 aliphatic heterocycles. The second kappa shape index (κ2) is 7.15. The average Bonchev–Trinajstić information content (AvgIpc) is 2.91. The predicted octanol–water partition coefficient (Wildman–Crippen LogP) is 2.57. The van der Waals surface area contributed by atoms with Gasteiger partial charge in [-0.25, -0.2) is 0 Å². The van der Waals surface area contributed by atoms with Crippen molar-refractivity contribution in [1.29, 1.82) is 0 Å². The number of benzene rings is 2. The highest BCUT2D eigenvalue weighted by Gasteiger charge is 2.52. The number of hydrogen-bond acceptors (Lipinski definition) is 5. The smallest absolute Gasteiger partial charge is 0.160 e. The summed E-state index contributed by atoms with van der Waals surface area (Å²) >= 11 is 0. The van der Waals surface area contributed by atoms with Gasteiger partial charge in [0, 0.05) is 12.0 Å². The molecular weight excluding hydrogens is 340 g/mol. The average molecular weight is 368 g/mol. The van der Waals surface area contributed by atoms with Gasteiger partial charge in [0.05, 0.1) is 19.3 Å². The summed E-state index contributed by atoms with van der Waals surface area (Å²) in [6, 6.07) is 13.9. The molecule has 0 amide bonds. The van der Waals surface area contributed by atoms with E-state index in [1.165, 1.54) is 11.1 Å². The van der Waals surface area contributed by atoms with Crippen LogP contribution in [0.4, 0.5) is 0 Å². The molecule has 0 radical (unpaired) electrons. The molecule has 3 N–H and O–H groups in total. The second-order valence-electron chi connectivity index (χ2n) is 7.80. The van der Waals surface area contributed by atoms with Gasteiger partial charge >= 0.3 is 0 Å². The van der Waals surface area contributed by atoms with Crippen molar-refractivity contribution in [3.05, 3.63) is 59.2 Å². The van der Waals surface area contributed by atoms with Crippen LogP contribution < -0.4 is 10.1 Å². The number of rotatable bonds is 4. The van der Waals surface area contributed by atoms with Crippen LogP contribution >= 0.6 is 0 Å². The van der Waals surface area contributed by atoms with E-state index in [2.05, 4.69) is 34.5 Å². The quantitative estimate of drug-likeness (QED) is 0.774. The lowest BCUT2D eigenvalue weighted by Gasteiger charge is -2.40. The molecule has 0 bridgehead atoms. The number of aromatic hydroxyl groups is 1. The lowest BCUT2D eigenvalue weighted by molar-refractivity contribution is 0.00418. The molecule has 144 valence electrons. The summed E-state index contributed by atoms with van der Waals surface area (Å²) < 4.78 is 5.13. The van der Waals surface area contributed by atoms with Crippen LogP contribution in [0.25, 0.3) is 0 Å².